The zero-order valence-electron chi connectivity index (χ0n) is 16.6. The third-order valence-electron chi connectivity index (χ3n) is 5.56. The summed E-state index contributed by atoms with van der Waals surface area (Å²) in [7, 11) is 5.57. The lowest BCUT2D eigenvalue weighted by Crippen LogP contribution is -2.36. The second-order valence-electron chi connectivity index (χ2n) is 7.72. The Morgan fingerprint density at radius 1 is 1.07 bits per heavy atom. The van der Waals surface area contributed by atoms with Crippen molar-refractivity contribution in [2.45, 2.75) is 38.0 Å². The van der Waals surface area contributed by atoms with Crippen LogP contribution in [0.2, 0.25) is 0 Å². The first-order valence-corrected chi connectivity index (χ1v) is 9.73. The largest absolute Gasteiger partial charge is 0.493 e. The molecule has 0 spiro atoms. The van der Waals surface area contributed by atoms with E-state index in [1.54, 1.807) is 18.1 Å². The fourth-order valence-corrected chi connectivity index (χ4v) is 4.22. The van der Waals surface area contributed by atoms with Gasteiger partial charge in [-0.1, -0.05) is 6.07 Å². The zero-order valence-corrected chi connectivity index (χ0v) is 16.6. The third-order valence-corrected chi connectivity index (χ3v) is 5.56. The van der Waals surface area contributed by atoms with E-state index < -0.39 is 0 Å². The Kier molecular flexibility index (Phi) is 4.89. The number of nitrogen functional groups attached to an aromatic ring is 1. The molecular formula is C22H27N3O3. The molecule has 148 valence electrons. The van der Waals surface area contributed by atoms with E-state index in [1.165, 1.54) is 12.8 Å². The van der Waals surface area contributed by atoms with Gasteiger partial charge in [-0.2, -0.15) is 0 Å². The van der Waals surface area contributed by atoms with Gasteiger partial charge in [-0.25, -0.2) is 0 Å². The summed E-state index contributed by atoms with van der Waals surface area (Å²) >= 11 is 0. The van der Waals surface area contributed by atoms with Crippen LogP contribution in [0.5, 0.6) is 11.5 Å². The Hall–Kier alpha value is -2.73. The summed E-state index contributed by atoms with van der Waals surface area (Å²) in [6, 6.07) is 11.2. The van der Waals surface area contributed by atoms with Gasteiger partial charge in [-0.3, -0.25) is 14.6 Å². The van der Waals surface area contributed by atoms with Crippen molar-refractivity contribution in [2.75, 3.05) is 31.8 Å². The van der Waals surface area contributed by atoms with Crippen LogP contribution < -0.4 is 20.1 Å². The molecule has 0 radical (unpaired) electrons. The Balaban J connectivity index is 1.74. The molecule has 1 atom stereocenters. The van der Waals surface area contributed by atoms with Crippen LogP contribution in [-0.4, -0.2) is 38.1 Å². The van der Waals surface area contributed by atoms with Crippen molar-refractivity contribution in [1.29, 1.82) is 0 Å². The minimum absolute atomic E-state index is 0.0574. The Bertz CT molecular complexity index is 891. The van der Waals surface area contributed by atoms with Crippen LogP contribution in [0.15, 0.2) is 36.4 Å². The van der Waals surface area contributed by atoms with Gasteiger partial charge in [0, 0.05) is 28.6 Å². The molecule has 2 aromatic carbocycles. The van der Waals surface area contributed by atoms with Crippen LogP contribution in [0.3, 0.4) is 0 Å². The molecule has 2 aliphatic rings. The van der Waals surface area contributed by atoms with Gasteiger partial charge in [-0.05, 0) is 64.0 Å². The number of benzene rings is 2. The predicted molar refractivity (Wildman–Crippen MR) is 110 cm³/mol. The quantitative estimate of drug-likeness (QED) is 0.798. The zero-order chi connectivity index (χ0) is 19.8. The maximum absolute atomic E-state index is 13.2. The maximum atomic E-state index is 13.2. The van der Waals surface area contributed by atoms with Crippen molar-refractivity contribution in [2.24, 2.45) is 0 Å². The number of carbonyl (C=O) groups excluding carboxylic acids is 1. The molecule has 1 fully saturated rings. The van der Waals surface area contributed by atoms with Crippen LogP contribution in [0.4, 0.5) is 11.4 Å². The lowest BCUT2D eigenvalue weighted by atomic mass is 10.1. The molecular weight excluding hydrogens is 354 g/mol. The number of ether oxygens (including phenoxy) is 2. The summed E-state index contributed by atoms with van der Waals surface area (Å²) in [5, 5.41) is 0. The summed E-state index contributed by atoms with van der Waals surface area (Å²) in [5.74, 6) is 1.32. The van der Waals surface area contributed by atoms with E-state index in [4.69, 9.17) is 15.2 Å². The van der Waals surface area contributed by atoms with Gasteiger partial charge in [0.2, 0.25) is 0 Å². The monoisotopic (exact) mass is 381 g/mol. The number of rotatable bonds is 5. The fourth-order valence-electron chi connectivity index (χ4n) is 4.22. The van der Waals surface area contributed by atoms with Gasteiger partial charge in [0.1, 0.15) is 6.17 Å². The highest BCUT2D eigenvalue weighted by atomic mass is 16.5. The molecule has 4 rings (SSSR count). The van der Waals surface area contributed by atoms with Crippen molar-refractivity contribution >= 4 is 17.3 Å². The highest BCUT2D eigenvalue weighted by molar-refractivity contribution is 6.11. The Labute approximate surface area is 165 Å². The normalized spacial score (nSPS) is 19.4. The minimum atomic E-state index is -0.198. The summed E-state index contributed by atoms with van der Waals surface area (Å²) in [4.78, 5) is 17.1. The lowest BCUT2D eigenvalue weighted by molar-refractivity contribution is 0.0973. The van der Waals surface area contributed by atoms with E-state index in [9.17, 15) is 4.79 Å². The fraction of sp³-hybridized carbons (Fsp3) is 0.409. The first-order valence-electron chi connectivity index (χ1n) is 9.73. The molecule has 1 unspecified atom stereocenters. The SMILES string of the molecule is COc1ccc(N2C(=O)c3cc(N)ccc3C2N(C)C)cc1OC1CCCC1. The third kappa shape index (κ3) is 3.18. The smallest absolute Gasteiger partial charge is 0.260 e. The maximum Gasteiger partial charge on any atom is 0.260 e. The summed E-state index contributed by atoms with van der Waals surface area (Å²) in [6.07, 6.45) is 4.51. The van der Waals surface area contributed by atoms with E-state index in [-0.39, 0.29) is 18.2 Å². The van der Waals surface area contributed by atoms with E-state index in [0.717, 1.165) is 24.1 Å². The van der Waals surface area contributed by atoms with Crippen molar-refractivity contribution in [3.05, 3.63) is 47.5 Å². The van der Waals surface area contributed by atoms with Gasteiger partial charge in [0.05, 0.1) is 13.2 Å². The first-order chi connectivity index (χ1) is 13.5. The van der Waals surface area contributed by atoms with Crippen LogP contribution in [0, 0.1) is 0 Å². The first kappa shape index (κ1) is 18.6. The number of anilines is 2. The van der Waals surface area contributed by atoms with Crippen molar-refractivity contribution < 1.29 is 14.3 Å². The van der Waals surface area contributed by atoms with E-state index in [0.29, 0.717) is 22.7 Å². The van der Waals surface area contributed by atoms with Crippen molar-refractivity contribution in [3.8, 4) is 11.5 Å². The molecule has 6 heteroatoms. The second-order valence-corrected chi connectivity index (χ2v) is 7.72. The molecule has 2 aromatic rings. The summed E-state index contributed by atoms with van der Waals surface area (Å²) < 4.78 is 11.7. The number of hydrogen-bond donors (Lipinski definition) is 1. The van der Waals surface area contributed by atoms with Gasteiger partial charge in [0.15, 0.2) is 11.5 Å². The molecule has 6 nitrogen and oxygen atoms in total. The molecule has 1 saturated carbocycles. The van der Waals surface area contributed by atoms with Crippen molar-refractivity contribution in [1.82, 2.24) is 4.90 Å². The lowest BCUT2D eigenvalue weighted by Gasteiger charge is -2.31. The number of fused-ring (bicyclic) bond motifs is 1. The summed E-state index contributed by atoms with van der Waals surface area (Å²) in [5.41, 5.74) is 8.91. The van der Waals surface area contributed by atoms with Gasteiger partial charge in [0.25, 0.3) is 5.91 Å². The Morgan fingerprint density at radius 2 is 1.82 bits per heavy atom. The number of carbonyl (C=O) groups is 1. The van der Waals surface area contributed by atoms with Crippen molar-refractivity contribution in [3.63, 3.8) is 0 Å². The topological polar surface area (TPSA) is 68.0 Å². The number of amides is 1. The molecule has 2 N–H and O–H groups in total. The standard InChI is InChI=1S/C22H27N3O3/c1-24(2)21-17-10-8-14(23)12-18(17)22(26)25(21)15-9-11-19(27-3)20(13-15)28-16-6-4-5-7-16/h8-13,16,21H,4-7,23H2,1-3H3. The highest BCUT2D eigenvalue weighted by Gasteiger charge is 2.39. The molecule has 1 amide bonds. The number of hydrogen-bond acceptors (Lipinski definition) is 5. The Morgan fingerprint density at radius 3 is 2.50 bits per heavy atom. The van der Waals surface area contributed by atoms with Gasteiger partial charge in [-0.15, -0.1) is 0 Å². The molecule has 28 heavy (non-hydrogen) atoms. The molecule has 0 bridgehead atoms. The molecule has 1 aliphatic heterocycles. The minimum Gasteiger partial charge on any atom is -0.493 e. The number of methoxy groups -OCH3 is 1. The molecule has 1 aliphatic carbocycles. The van der Waals surface area contributed by atoms with Gasteiger partial charge < -0.3 is 15.2 Å². The van der Waals surface area contributed by atoms with Crippen LogP contribution in [0.1, 0.15) is 47.8 Å². The number of nitrogens with two attached hydrogens (primary N) is 1. The highest BCUT2D eigenvalue weighted by Crippen LogP contribution is 2.42. The van der Waals surface area contributed by atoms with Gasteiger partial charge >= 0.3 is 0 Å². The van der Waals surface area contributed by atoms with E-state index in [2.05, 4.69) is 0 Å². The number of nitrogens with zero attached hydrogens (tertiary/aromatic N) is 2. The second kappa shape index (κ2) is 7.36. The molecule has 1 heterocycles. The average molecular weight is 381 g/mol. The van der Waals surface area contributed by atoms with E-state index >= 15 is 0 Å². The van der Waals surface area contributed by atoms with Crippen LogP contribution >= 0.6 is 0 Å². The molecule has 0 aromatic heterocycles. The average Bonchev–Trinajstić information content (AvgIpc) is 3.28. The molecule has 0 saturated heterocycles. The summed E-state index contributed by atoms with van der Waals surface area (Å²) in [6.45, 7) is 0. The van der Waals surface area contributed by atoms with Crippen LogP contribution in [0.25, 0.3) is 0 Å². The van der Waals surface area contributed by atoms with E-state index in [1.807, 2.05) is 49.3 Å². The predicted octanol–water partition coefficient (Wildman–Crippen LogP) is 3.82. The van der Waals surface area contributed by atoms with Crippen LogP contribution in [-0.2, 0) is 0 Å².